The highest BCUT2D eigenvalue weighted by molar-refractivity contribution is 5.91. The van der Waals surface area contributed by atoms with E-state index in [-0.39, 0.29) is 18.0 Å². The predicted octanol–water partition coefficient (Wildman–Crippen LogP) is 2.25. The van der Waals surface area contributed by atoms with Crippen molar-refractivity contribution in [3.8, 4) is 0 Å². The van der Waals surface area contributed by atoms with Crippen molar-refractivity contribution in [3.05, 3.63) is 94.3 Å². The minimum absolute atomic E-state index is 0.146. The van der Waals surface area contributed by atoms with Gasteiger partial charge in [0.1, 0.15) is 11.5 Å². The van der Waals surface area contributed by atoms with E-state index in [0.29, 0.717) is 42.1 Å². The fourth-order valence-corrected chi connectivity index (χ4v) is 3.36. The van der Waals surface area contributed by atoms with Gasteiger partial charge in [0.25, 0.3) is 5.56 Å². The molecule has 0 atom stereocenters. The van der Waals surface area contributed by atoms with Gasteiger partial charge in [-0.05, 0) is 23.8 Å². The van der Waals surface area contributed by atoms with Crippen LogP contribution in [0.5, 0.6) is 0 Å². The fourth-order valence-electron chi connectivity index (χ4n) is 3.36. The molecule has 2 aromatic carbocycles. The molecule has 0 aliphatic heterocycles. The average molecular weight is 444 g/mol. The number of ether oxygens (including phenoxy) is 1. The number of hydrogen-bond donors (Lipinski definition) is 1. The highest BCUT2D eigenvalue weighted by atomic mass is 16.5. The average Bonchev–Trinajstić information content (AvgIpc) is 3.28. The summed E-state index contributed by atoms with van der Waals surface area (Å²) in [6.07, 6.45) is 4.83. The van der Waals surface area contributed by atoms with Crippen molar-refractivity contribution in [2.24, 2.45) is 0 Å². The van der Waals surface area contributed by atoms with Gasteiger partial charge in [-0.25, -0.2) is 9.67 Å². The van der Waals surface area contributed by atoms with Crippen molar-refractivity contribution in [2.75, 3.05) is 20.3 Å². The van der Waals surface area contributed by atoms with Gasteiger partial charge in [0.15, 0.2) is 0 Å². The van der Waals surface area contributed by atoms with Gasteiger partial charge in [0.05, 0.1) is 36.8 Å². The van der Waals surface area contributed by atoms with Gasteiger partial charge >= 0.3 is 0 Å². The number of rotatable bonds is 9. The predicted molar refractivity (Wildman–Crippen MR) is 124 cm³/mol. The summed E-state index contributed by atoms with van der Waals surface area (Å²) < 4.78 is 6.86. The topological polar surface area (TPSA) is 106 Å². The molecule has 0 saturated carbocycles. The number of amides is 1. The quantitative estimate of drug-likeness (QED) is 0.397. The van der Waals surface area contributed by atoms with Gasteiger partial charge in [-0.1, -0.05) is 47.7 Å². The molecule has 2 aromatic heterocycles. The van der Waals surface area contributed by atoms with E-state index in [9.17, 15) is 9.59 Å². The van der Waals surface area contributed by atoms with Crippen LogP contribution in [0.3, 0.4) is 0 Å². The molecule has 0 aliphatic rings. The Bertz CT molecular complexity index is 1310. The number of para-hydroxylation sites is 1. The van der Waals surface area contributed by atoms with Crippen LogP contribution in [0.2, 0.25) is 0 Å². The molecular weight excluding hydrogens is 420 g/mol. The second-order valence-corrected chi connectivity index (χ2v) is 7.44. The Labute approximate surface area is 190 Å². The van der Waals surface area contributed by atoms with Crippen LogP contribution >= 0.6 is 0 Å². The molecule has 9 heteroatoms. The lowest BCUT2D eigenvalue weighted by Crippen LogP contribution is -2.33. The molecule has 0 aliphatic carbocycles. The van der Waals surface area contributed by atoms with Gasteiger partial charge in [-0.15, -0.1) is 5.10 Å². The van der Waals surface area contributed by atoms with Crippen LogP contribution in [-0.2, 0) is 22.6 Å². The standard InChI is InChI=1S/C24H24N6O3/c1-33-14-13-29(17-22-25-21-10-6-5-9-20(21)24(32)26-22)23(31)12-11-19-16-30(28-27-19)15-18-7-3-2-4-8-18/h2-12,16H,13-15,17H2,1H3,(H,25,26,32)/b12-11+. The van der Waals surface area contributed by atoms with Crippen molar-refractivity contribution in [3.63, 3.8) is 0 Å². The molecule has 33 heavy (non-hydrogen) atoms. The summed E-state index contributed by atoms with van der Waals surface area (Å²) >= 11 is 0. The molecule has 0 radical (unpaired) electrons. The van der Waals surface area contributed by atoms with E-state index in [4.69, 9.17) is 4.74 Å². The van der Waals surface area contributed by atoms with Crippen molar-refractivity contribution in [1.82, 2.24) is 29.9 Å². The molecule has 0 saturated heterocycles. The van der Waals surface area contributed by atoms with Crippen LogP contribution in [0.15, 0.2) is 71.7 Å². The first kappa shape index (κ1) is 22.1. The molecular formula is C24H24N6O3. The third-order valence-corrected chi connectivity index (χ3v) is 5.02. The molecule has 1 amide bonds. The zero-order chi connectivity index (χ0) is 23.0. The Morgan fingerprint density at radius 1 is 1.15 bits per heavy atom. The lowest BCUT2D eigenvalue weighted by atomic mass is 10.2. The highest BCUT2D eigenvalue weighted by Crippen LogP contribution is 2.09. The number of hydrogen-bond acceptors (Lipinski definition) is 6. The Morgan fingerprint density at radius 2 is 1.94 bits per heavy atom. The van der Waals surface area contributed by atoms with Crippen molar-refractivity contribution in [1.29, 1.82) is 0 Å². The van der Waals surface area contributed by atoms with Gasteiger partial charge in [0.2, 0.25) is 5.91 Å². The smallest absolute Gasteiger partial charge is 0.258 e. The molecule has 0 unspecified atom stereocenters. The third-order valence-electron chi connectivity index (χ3n) is 5.02. The third kappa shape index (κ3) is 5.78. The van der Waals surface area contributed by atoms with E-state index in [2.05, 4.69) is 20.3 Å². The first-order chi connectivity index (χ1) is 16.1. The van der Waals surface area contributed by atoms with Crippen molar-refractivity contribution < 1.29 is 9.53 Å². The zero-order valence-corrected chi connectivity index (χ0v) is 18.2. The molecule has 0 bridgehead atoms. The van der Waals surface area contributed by atoms with Crippen LogP contribution < -0.4 is 5.56 Å². The summed E-state index contributed by atoms with van der Waals surface area (Å²) in [7, 11) is 1.57. The van der Waals surface area contributed by atoms with E-state index in [1.807, 2.05) is 36.4 Å². The lowest BCUT2D eigenvalue weighted by Gasteiger charge is -2.20. The number of fused-ring (bicyclic) bond motifs is 1. The maximum absolute atomic E-state index is 12.9. The summed E-state index contributed by atoms with van der Waals surface area (Å²) in [6.45, 7) is 1.44. The SMILES string of the molecule is COCCN(Cc1nc2ccccc2c(=O)[nH]1)C(=O)/C=C/c1cn(Cc2ccccc2)nn1. The first-order valence-electron chi connectivity index (χ1n) is 10.5. The molecule has 0 spiro atoms. The first-order valence-corrected chi connectivity index (χ1v) is 10.5. The van der Waals surface area contributed by atoms with Gasteiger partial charge in [-0.2, -0.15) is 0 Å². The van der Waals surface area contributed by atoms with Crippen molar-refractivity contribution in [2.45, 2.75) is 13.1 Å². The summed E-state index contributed by atoms with van der Waals surface area (Å²) in [5.74, 6) is 0.158. The van der Waals surface area contributed by atoms with Gasteiger partial charge in [-0.3, -0.25) is 9.59 Å². The number of carbonyl (C=O) groups is 1. The molecule has 0 fully saturated rings. The van der Waals surface area contributed by atoms with Crippen LogP contribution in [0.4, 0.5) is 0 Å². The molecule has 168 valence electrons. The minimum atomic E-state index is -0.250. The minimum Gasteiger partial charge on any atom is -0.383 e. The Balaban J connectivity index is 1.47. The van der Waals surface area contributed by atoms with Crippen LogP contribution in [0, 0.1) is 0 Å². The number of methoxy groups -OCH3 is 1. The summed E-state index contributed by atoms with van der Waals surface area (Å²) in [5.41, 5.74) is 2.03. The number of nitrogens with one attached hydrogen (secondary N) is 1. The normalized spacial score (nSPS) is 11.3. The summed E-state index contributed by atoms with van der Waals surface area (Å²) in [4.78, 5) is 34.0. The maximum atomic E-state index is 12.9. The van der Waals surface area contributed by atoms with Crippen LogP contribution in [0.1, 0.15) is 17.1 Å². The van der Waals surface area contributed by atoms with Gasteiger partial charge < -0.3 is 14.6 Å². The number of aromatic amines is 1. The largest absolute Gasteiger partial charge is 0.383 e. The summed E-state index contributed by atoms with van der Waals surface area (Å²) in [5, 5.41) is 8.73. The number of nitrogens with zero attached hydrogens (tertiary/aromatic N) is 5. The van der Waals surface area contributed by atoms with E-state index in [1.165, 1.54) is 6.08 Å². The monoisotopic (exact) mass is 444 g/mol. The molecule has 1 N–H and O–H groups in total. The van der Waals surface area contributed by atoms with Crippen molar-refractivity contribution >= 4 is 22.9 Å². The Kier molecular flexibility index (Phi) is 7.01. The number of carbonyl (C=O) groups excluding carboxylic acids is 1. The van der Waals surface area contributed by atoms with Crippen LogP contribution in [0.25, 0.3) is 17.0 Å². The number of benzene rings is 2. The number of H-pyrrole nitrogens is 1. The second kappa shape index (κ2) is 10.5. The molecule has 4 rings (SSSR count). The van der Waals surface area contributed by atoms with E-state index >= 15 is 0 Å². The highest BCUT2D eigenvalue weighted by Gasteiger charge is 2.14. The van der Waals surface area contributed by atoms with E-state index < -0.39 is 0 Å². The molecule has 9 nitrogen and oxygen atoms in total. The fraction of sp³-hybridized carbons (Fsp3) is 0.208. The van der Waals surface area contributed by atoms with E-state index in [0.717, 1.165) is 5.56 Å². The number of aromatic nitrogens is 5. The lowest BCUT2D eigenvalue weighted by molar-refractivity contribution is -0.127. The Morgan fingerprint density at radius 3 is 2.76 bits per heavy atom. The maximum Gasteiger partial charge on any atom is 0.258 e. The second-order valence-electron chi connectivity index (χ2n) is 7.44. The zero-order valence-electron chi connectivity index (χ0n) is 18.2. The Hall–Kier alpha value is -4.11. The molecule has 4 aromatic rings. The van der Waals surface area contributed by atoms with Crippen LogP contribution in [-0.4, -0.2) is 56.0 Å². The van der Waals surface area contributed by atoms with Gasteiger partial charge in [0, 0.05) is 19.7 Å². The summed E-state index contributed by atoms with van der Waals surface area (Å²) in [6, 6.07) is 17.0. The molecule has 2 heterocycles. The van der Waals surface area contributed by atoms with E-state index in [1.54, 1.807) is 47.2 Å².